The van der Waals surface area contributed by atoms with Crippen LogP contribution in [0.4, 0.5) is 13.2 Å². The van der Waals surface area contributed by atoms with Gasteiger partial charge < -0.3 is 25.2 Å². The molecule has 2 aromatic heterocycles. The number of hydrogen-bond acceptors (Lipinski definition) is 10. The van der Waals surface area contributed by atoms with Crippen LogP contribution in [0.1, 0.15) is 40.7 Å². The number of ether oxygens (including phenoxy) is 1. The zero-order valence-corrected chi connectivity index (χ0v) is 22.0. The number of halogens is 3. The summed E-state index contributed by atoms with van der Waals surface area (Å²) in [6, 6.07) is 0.330. The molecule has 0 saturated carbocycles. The van der Waals surface area contributed by atoms with Crippen molar-refractivity contribution in [3.8, 4) is 11.3 Å². The molecule has 4 rings (SSSR count). The van der Waals surface area contributed by atoms with E-state index in [1.165, 1.54) is 17.5 Å². The van der Waals surface area contributed by atoms with Crippen LogP contribution in [0.5, 0.6) is 0 Å². The van der Waals surface area contributed by atoms with Crippen LogP contribution in [-0.4, -0.2) is 76.4 Å². The minimum absolute atomic E-state index is 0.0311. The predicted octanol–water partition coefficient (Wildman–Crippen LogP) is 2.66. The van der Waals surface area contributed by atoms with Gasteiger partial charge >= 0.3 is 0 Å². The molecule has 4 N–H and O–H groups in total. The fourth-order valence-electron chi connectivity index (χ4n) is 4.24. The standard InChI is InChI=1S/C23H27F3N4O5S2/c1-9-17(27-10(2)36-9)21(23(3,4)34)37-22-20(33)18(19(32)15(8-31)35-22)30-7-14(28-29-30)11-5-12(24)16(26)13(25)6-11/h5-7,15,18-22,31-34H,8H2,1-4H3/t15-,18+,19+,20-,21-,22+/m1/s1. The molecule has 14 heteroatoms. The van der Waals surface area contributed by atoms with Gasteiger partial charge in [0.15, 0.2) is 17.5 Å². The highest BCUT2D eigenvalue weighted by molar-refractivity contribution is 8.00. The Hall–Kier alpha value is -2.07. The van der Waals surface area contributed by atoms with Crippen LogP contribution >= 0.6 is 23.1 Å². The van der Waals surface area contributed by atoms with Gasteiger partial charge in [0, 0.05) is 10.4 Å². The first-order valence-electron chi connectivity index (χ1n) is 11.3. The van der Waals surface area contributed by atoms with Gasteiger partial charge in [-0.05, 0) is 39.8 Å². The molecule has 1 aliphatic rings. The zero-order valence-electron chi connectivity index (χ0n) is 20.3. The maximum Gasteiger partial charge on any atom is 0.194 e. The molecule has 0 amide bonds. The van der Waals surface area contributed by atoms with Crippen LogP contribution in [0.25, 0.3) is 11.3 Å². The number of nitrogens with zero attached hydrogens (tertiary/aromatic N) is 4. The number of hydrogen-bond donors (Lipinski definition) is 4. The van der Waals surface area contributed by atoms with E-state index in [1.807, 2.05) is 13.8 Å². The Kier molecular flexibility index (Phi) is 8.00. The summed E-state index contributed by atoms with van der Waals surface area (Å²) in [6.45, 7) is 6.34. The van der Waals surface area contributed by atoms with Gasteiger partial charge in [-0.15, -0.1) is 28.2 Å². The summed E-state index contributed by atoms with van der Waals surface area (Å²) in [7, 11) is 0. The Balaban J connectivity index is 1.67. The third-order valence-corrected chi connectivity index (χ3v) is 8.68. The van der Waals surface area contributed by atoms with Crippen molar-refractivity contribution in [1.82, 2.24) is 20.0 Å². The number of rotatable bonds is 7. The Labute approximate surface area is 218 Å². The van der Waals surface area contributed by atoms with E-state index >= 15 is 0 Å². The first-order chi connectivity index (χ1) is 17.3. The Morgan fingerprint density at radius 2 is 1.81 bits per heavy atom. The first-order valence-corrected chi connectivity index (χ1v) is 13.1. The molecule has 1 saturated heterocycles. The van der Waals surface area contributed by atoms with Gasteiger partial charge in [-0.1, -0.05) is 5.21 Å². The topological polar surface area (TPSA) is 134 Å². The Bertz CT molecular complexity index is 1240. The number of aryl methyl sites for hydroxylation is 2. The first kappa shape index (κ1) is 28.0. The highest BCUT2D eigenvalue weighted by Crippen LogP contribution is 2.47. The molecule has 1 aromatic carbocycles. The number of benzene rings is 1. The highest BCUT2D eigenvalue weighted by Gasteiger charge is 2.48. The largest absolute Gasteiger partial charge is 0.394 e. The van der Waals surface area contributed by atoms with Crippen molar-refractivity contribution in [2.24, 2.45) is 0 Å². The second kappa shape index (κ2) is 10.6. The normalized spacial score (nSPS) is 25.4. The lowest BCUT2D eigenvalue weighted by Crippen LogP contribution is -2.55. The van der Waals surface area contributed by atoms with Crippen molar-refractivity contribution >= 4 is 23.1 Å². The second-order valence-electron chi connectivity index (χ2n) is 9.38. The van der Waals surface area contributed by atoms with Gasteiger partial charge in [-0.3, -0.25) is 0 Å². The molecule has 3 heterocycles. The molecule has 0 radical (unpaired) electrons. The summed E-state index contributed by atoms with van der Waals surface area (Å²) in [5.74, 6) is -4.43. The lowest BCUT2D eigenvalue weighted by atomic mass is 9.97. The van der Waals surface area contributed by atoms with E-state index in [0.29, 0.717) is 5.69 Å². The van der Waals surface area contributed by atoms with E-state index < -0.39 is 64.7 Å². The SMILES string of the molecule is Cc1nc([C@@H](S[C@@H]2O[C@H](CO)[C@H](O)[C@H](n3cc(-c4cc(F)c(F)c(F)c4)nn3)[C@H]2O)C(C)(C)O)c(C)s1. The van der Waals surface area contributed by atoms with E-state index in [4.69, 9.17) is 4.74 Å². The Morgan fingerprint density at radius 1 is 1.16 bits per heavy atom. The van der Waals surface area contributed by atoms with Crippen LogP contribution in [0.15, 0.2) is 18.3 Å². The van der Waals surface area contributed by atoms with Crippen molar-refractivity contribution < 1.29 is 38.3 Å². The Morgan fingerprint density at radius 3 is 2.35 bits per heavy atom. The molecule has 1 fully saturated rings. The molecule has 3 aromatic rings. The summed E-state index contributed by atoms with van der Waals surface area (Å²) < 4.78 is 47.7. The van der Waals surface area contributed by atoms with Gasteiger partial charge in [0.05, 0.1) is 34.4 Å². The maximum atomic E-state index is 13.7. The molecular weight excluding hydrogens is 533 g/mol. The molecule has 0 aliphatic carbocycles. The minimum Gasteiger partial charge on any atom is -0.394 e. The van der Waals surface area contributed by atoms with E-state index in [1.54, 1.807) is 13.8 Å². The van der Waals surface area contributed by atoms with Crippen LogP contribution in [-0.2, 0) is 4.74 Å². The molecule has 37 heavy (non-hydrogen) atoms. The van der Waals surface area contributed by atoms with Crippen LogP contribution < -0.4 is 0 Å². The van der Waals surface area contributed by atoms with Gasteiger partial charge in [0.25, 0.3) is 0 Å². The zero-order chi connectivity index (χ0) is 27.2. The summed E-state index contributed by atoms with van der Waals surface area (Å²) in [5.41, 5.74) is -1.83. The highest BCUT2D eigenvalue weighted by atomic mass is 32.2. The fourth-order valence-corrected chi connectivity index (χ4v) is 6.66. The van der Waals surface area contributed by atoms with Crippen molar-refractivity contribution in [2.45, 2.75) is 68.3 Å². The molecule has 0 spiro atoms. The van der Waals surface area contributed by atoms with E-state index in [-0.39, 0.29) is 11.3 Å². The lowest BCUT2D eigenvalue weighted by Gasteiger charge is -2.43. The van der Waals surface area contributed by atoms with Gasteiger partial charge in [-0.25, -0.2) is 22.8 Å². The summed E-state index contributed by atoms with van der Waals surface area (Å²) in [4.78, 5) is 5.43. The molecule has 6 atom stereocenters. The van der Waals surface area contributed by atoms with Crippen LogP contribution in [0.3, 0.4) is 0 Å². The quantitative estimate of drug-likeness (QED) is 0.322. The third kappa shape index (κ3) is 5.55. The minimum atomic E-state index is -1.62. The molecule has 1 aliphatic heterocycles. The molecule has 9 nitrogen and oxygen atoms in total. The lowest BCUT2D eigenvalue weighted by molar-refractivity contribution is -0.179. The summed E-state index contributed by atoms with van der Waals surface area (Å²) in [6.07, 6.45) is -2.73. The predicted molar refractivity (Wildman–Crippen MR) is 130 cm³/mol. The van der Waals surface area contributed by atoms with Crippen molar-refractivity contribution in [3.63, 3.8) is 0 Å². The van der Waals surface area contributed by atoms with Gasteiger partial charge in [0.1, 0.15) is 35.5 Å². The average molecular weight is 561 g/mol. The van der Waals surface area contributed by atoms with E-state index in [9.17, 15) is 33.6 Å². The van der Waals surface area contributed by atoms with E-state index in [0.717, 1.165) is 38.5 Å². The number of thioether (sulfide) groups is 1. The van der Waals surface area contributed by atoms with Crippen molar-refractivity contribution in [1.29, 1.82) is 0 Å². The number of aliphatic hydroxyl groups excluding tert-OH is 3. The maximum absolute atomic E-state index is 13.7. The third-order valence-electron chi connectivity index (χ3n) is 6.04. The van der Waals surface area contributed by atoms with Crippen LogP contribution in [0.2, 0.25) is 0 Å². The van der Waals surface area contributed by atoms with Gasteiger partial charge in [0.2, 0.25) is 0 Å². The van der Waals surface area contributed by atoms with Crippen molar-refractivity contribution in [3.05, 3.63) is 51.4 Å². The van der Waals surface area contributed by atoms with Crippen LogP contribution in [0, 0.1) is 31.3 Å². The number of aliphatic hydroxyl groups is 4. The number of thiazole rings is 1. The molecule has 202 valence electrons. The van der Waals surface area contributed by atoms with Gasteiger partial charge in [-0.2, -0.15) is 0 Å². The average Bonchev–Trinajstić information content (AvgIpc) is 3.42. The van der Waals surface area contributed by atoms with Crippen molar-refractivity contribution in [2.75, 3.05) is 6.61 Å². The van der Waals surface area contributed by atoms with E-state index in [2.05, 4.69) is 15.3 Å². The number of aromatic nitrogens is 4. The molecule has 0 bridgehead atoms. The summed E-state index contributed by atoms with van der Waals surface area (Å²) in [5, 5.41) is 50.8. The monoisotopic (exact) mass is 560 g/mol. The smallest absolute Gasteiger partial charge is 0.194 e. The summed E-state index contributed by atoms with van der Waals surface area (Å²) >= 11 is 2.55. The second-order valence-corrected chi connectivity index (χ2v) is 12.0. The fraction of sp³-hybridized carbons (Fsp3) is 0.522. The molecule has 0 unspecified atom stereocenters. The molecular formula is C23H27F3N4O5S2.